The third kappa shape index (κ3) is 3.33. The normalized spacial score (nSPS) is 13.4. The van der Waals surface area contributed by atoms with E-state index in [1.807, 2.05) is 24.3 Å². The number of pyridine rings is 1. The van der Waals surface area contributed by atoms with Crippen LogP contribution in [0.2, 0.25) is 0 Å². The number of nitrogens with zero attached hydrogens (tertiary/aromatic N) is 1. The molecule has 0 spiro atoms. The Morgan fingerprint density at radius 2 is 1.93 bits per heavy atom. The molecule has 4 rings (SSSR count). The first-order chi connectivity index (χ1) is 13.5. The number of nitrogens with one attached hydrogen (secondary N) is 1. The van der Waals surface area contributed by atoms with Gasteiger partial charge in [0.05, 0.1) is 25.4 Å². The Morgan fingerprint density at radius 1 is 1.14 bits per heavy atom. The second-order valence-electron chi connectivity index (χ2n) is 7.01. The van der Waals surface area contributed by atoms with Crippen LogP contribution in [0.1, 0.15) is 31.2 Å². The minimum Gasteiger partial charge on any atom is -0.504 e. The van der Waals surface area contributed by atoms with Crippen molar-refractivity contribution in [3.63, 3.8) is 0 Å². The summed E-state index contributed by atoms with van der Waals surface area (Å²) >= 11 is 0. The van der Waals surface area contributed by atoms with Gasteiger partial charge in [0.2, 0.25) is 11.7 Å². The molecule has 1 amide bonds. The minimum atomic E-state index is -0.0993. The average Bonchev–Trinajstić information content (AvgIpc) is 3.51. The number of hydrogen-bond acceptors (Lipinski definition) is 5. The predicted octanol–water partition coefficient (Wildman–Crippen LogP) is 4.46. The number of phenolic OH excluding ortho intramolecular Hbond substituents is 1. The molecule has 2 N–H and O–H groups in total. The summed E-state index contributed by atoms with van der Waals surface area (Å²) in [4.78, 5) is 16.2. The maximum atomic E-state index is 11.4. The summed E-state index contributed by atoms with van der Waals surface area (Å²) in [6.45, 7) is 1.50. The summed E-state index contributed by atoms with van der Waals surface area (Å²) in [6.07, 6.45) is 2.28. The van der Waals surface area contributed by atoms with Crippen molar-refractivity contribution in [1.82, 2.24) is 4.98 Å². The van der Waals surface area contributed by atoms with Crippen LogP contribution >= 0.6 is 0 Å². The second-order valence-corrected chi connectivity index (χ2v) is 7.01. The molecule has 28 heavy (non-hydrogen) atoms. The Hall–Kier alpha value is -3.28. The Balaban J connectivity index is 1.87. The molecule has 6 heteroatoms. The van der Waals surface area contributed by atoms with Crippen molar-refractivity contribution < 1.29 is 19.4 Å². The number of hydrogen-bond donors (Lipinski definition) is 2. The highest BCUT2D eigenvalue weighted by Crippen LogP contribution is 2.46. The zero-order chi connectivity index (χ0) is 19.8. The van der Waals surface area contributed by atoms with Gasteiger partial charge in [-0.05, 0) is 60.7 Å². The highest BCUT2D eigenvalue weighted by molar-refractivity contribution is 5.94. The number of benzene rings is 2. The smallest absolute Gasteiger partial charge is 0.221 e. The fraction of sp³-hybridized carbons (Fsp3) is 0.273. The van der Waals surface area contributed by atoms with Crippen LogP contribution < -0.4 is 14.8 Å². The van der Waals surface area contributed by atoms with Crippen LogP contribution in [0, 0.1) is 0 Å². The number of fused-ring (bicyclic) bond motifs is 1. The first kappa shape index (κ1) is 18.1. The molecule has 1 heterocycles. The lowest BCUT2D eigenvalue weighted by molar-refractivity contribution is -0.114. The molecule has 1 saturated carbocycles. The quantitative estimate of drug-likeness (QED) is 0.685. The summed E-state index contributed by atoms with van der Waals surface area (Å²) in [7, 11) is 3.03. The van der Waals surface area contributed by atoms with E-state index in [9.17, 15) is 9.90 Å². The molecule has 2 aromatic carbocycles. The fourth-order valence-corrected chi connectivity index (χ4v) is 3.51. The number of carbonyl (C=O) groups excluding carboxylic acids is 1. The van der Waals surface area contributed by atoms with E-state index in [-0.39, 0.29) is 11.7 Å². The van der Waals surface area contributed by atoms with Gasteiger partial charge in [-0.25, -0.2) is 4.98 Å². The minimum absolute atomic E-state index is 0.00715. The first-order valence-corrected chi connectivity index (χ1v) is 9.17. The Morgan fingerprint density at radius 3 is 2.57 bits per heavy atom. The maximum absolute atomic E-state index is 11.4. The SMILES string of the molecule is COc1cc(-c2cc(C3CC3)c3cc(NC(C)=O)ccc3n2)cc(O)c1OC. The number of anilines is 1. The molecule has 0 radical (unpaired) electrons. The van der Waals surface area contributed by atoms with Crippen LogP contribution in [0.3, 0.4) is 0 Å². The van der Waals surface area contributed by atoms with E-state index in [1.165, 1.54) is 26.7 Å². The molecule has 0 unspecified atom stereocenters. The van der Waals surface area contributed by atoms with Gasteiger partial charge in [0.15, 0.2) is 11.5 Å². The number of rotatable bonds is 5. The Bertz CT molecular complexity index is 1070. The van der Waals surface area contributed by atoms with E-state index in [4.69, 9.17) is 14.5 Å². The zero-order valence-corrected chi connectivity index (χ0v) is 16.1. The molecule has 0 aliphatic heterocycles. The van der Waals surface area contributed by atoms with Gasteiger partial charge < -0.3 is 19.9 Å². The Labute approximate surface area is 163 Å². The monoisotopic (exact) mass is 378 g/mol. The summed E-state index contributed by atoms with van der Waals surface area (Å²) in [5.74, 6) is 1.15. The van der Waals surface area contributed by atoms with Crippen LogP contribution in [0.5, 0.6) is 17.2 Å². The molecule has 6 nitrogen and oxygen atoms in total. The van der Waals surface area contributed by atoms with Gasteiger partial charge >= 0.3 is 0 Å². The van der Waals surface area contributed by atoms with Crippen molar-refractivity contribution in [3.05, 3.63) is 42.0 Å². The molecule has 0 saturated heterocycles. The molecule has 0 bridgehead atoms. The average molecular weight is 378 g/mol. The predicted molar refractivity (Wildman–Crippen MR) is 108 cm³/mol. The summed E-state index contributed by atoms with van der Waals surface area (Å²) in [5, 5.41) is 14.2. The van der Waals surface area contributed by atoms with Crippen molar-refractivity contribution in [3.8, 4) is 28.5 Å². The maximum Gasteiger partial charge on any atom is 0.221 e. The van der Waals surface area contributed by atoms with Gasteiger partial charge in [-0.2, -0.15) is 0 Å². The lowest BCUT2D eigenvalue weighted by atomic mass is 10.00. The largest absolute Gasteiger partial charge is 0.504 e. The summed E-state index contributed by atoms with van der Waals surface area (Å²) in [5.41, 5.74) is 4.34. The van der Waals surface area contributed by atoms with E-state index >= 15 is 0 Å². The standard InChI is InChI=1S/C22H22N2O4/c1-12(25)23-15-6-7-18-17(10-15)16(13-4-5-13)11-19(24-18)14-8-20(26)22(28-3)21(9-14)27-2/h6-11,13,26H,4-5H2,1-3H3,(H,23,25). The van der Waals surface area contributed by atoms with Gasteiger partial charge in [0.1, 0.15) is 0 Å². The first-order valence-electron chi connectivity index (χ1n) is 9.17. The summed E-state index contributed by atoms with van der Waals surface area (Å²) < 4.78 is 10.6. The highest BCUT2D eigenvalue weighted by Gasteiger charge is 2.27. The lowest BCUT2D eigenvalue weighted by Crippen LogP contribution is -2.05. The molecule has 0 atom stereocenters. The Kier molecular flexibility index (Phi) is 4.55. The van der Waals surface area contributed by atoms with E-state index < -0.39 is 0 Å². The molecular formula is C22H22N2O4. The van der Waals surface area contributed by atoms with Crippen molar-refractivity contribution in [2.24, 2.45) is 0 Å². The second kappa shape index (κ2) is 7.03. The molecule has 144 valence electrons. The van der Waals surface area contributed by atoms with E-state index in [0.29, 0.717) is 17.4 Å². The number of ether oxygens (including phenoxy) is 2. The van der Waals surface area contributed by atoms with Crippen molar-refractivity contribution in [2.75, 3.05) is 19.5 Å². The van der Waals surface area contributed by atoms with Crippen LogP contribution in [0.25, 0.3) is 22.2 Å². The van der Waals surface area contributed by atoms with Crippen LogP contribution in [-0.2, 0) is 4.79 Å². The number of methoxy groups -OCH3 is 2. The third-order valence-corrected chi connectivity index (χ3v) is 4.93. The lowest BCUT2D eigenvalue weighted by Gasteiger charge is -2.14. The van der Waals surface area contributed by atoms with Crippen LogP contribution in [-0.4, -0.2) is 30.2 Å². The van der Waals surface area contributed by atoms with Crippen molar-refractivity contribution in [2.45, 2.75) is 25.7 Å². The third-order valence-electron chi connectivity index (χ3n) is 4.93. The van der Waals surface area contributed by atoms with Gasteiger partial charge in [0, 0.05) is 23.6 Å². The molecule has 1 aliphatic rings. The number of phenols is 1. The van der Waals surface area contributed by atoms with E-state index in [1.54, 1.807) is 6.07 Å². The summed E-state index contributed by atoms with van der Waals surface area (Å²) in [6, 6.07) is 11.3. The number of aromatic nitrogens is 1. The van der Waals surface area contributed by atoms with E-state index in [2.05, 4.69) is 11.4 Å². The molecule has 1 aliphatic carbocycles. The molecule has 1 fully saturated rings. The van der Waals surface area contributed by atoms with Crippen molar-refractivity contribution in [1.29, 1.82) is 0 Å². The van der Waals surface area contributed by atoms with Crippen LogP contribution in [0.15, 0.2) is 36.4 Å². The van der Waals surface area contributed by atoms with E-state index in [0.717, 1.165) is 40.7 Å². The van der Waals surface area contributed by atoms with Crippen LogP contribution in [0.4, 0.5) is 5.69 Å². The number of carbonyl (C=O) groups is 1. The fourth-order valence-electron chi connectivity index (χ4n) is 3.51. The van der Waals surface area contributed by atoms with Gasteiger partial charge in [-0.1, -0.05) is 0 Å². The molecular weight excluding hydrogens is 356 g/mol. The number of amides is 1. The number of aromatic hydroxyl groups is 1. The van der Waals surface area contributed by atoms with Gasteiger partial charge in [-0.15, -0.1) is 0 Å². The van der Waals surface area contributed by atoms with Gasteiger partial charge in [-0.3, -0.25) is 4.79 Å². The van der Waals surface area contributed by atoms with Crippen molar-refractivity contribution >= 4 is 22.5 Å². The molecule has 3 aromatic rings. The molecule has 1 aromatic heterocycles. The zero-order valence-electron chi connectivity index (χ0n) is 16.1. The highest BCUT2D eigenvalue weighted by atomic mass is 16.5. The topological polar surface area (TPSA) is 80.7 Å². The van der Waals surface area contributed by atoms with Gasteiger partial charge in [0.25, 0.3) is 0 Å².